The van der Waals surface area contributed by atoms with Crippen LogP contribution in [0.2, 0.25) is 0 Å². The van der Waals surface area contributed by atoms with Crippen molar-refractivity contribution in [1.29, 1.82) is 0 Å². The fourth-order valence-electron chi connectivity index (χ4n) is 1.67. The average Bonchev–Trinajstić information content (AvgIpc) is 2.34. The van der Waals surface area contributed by atoms with Crippen molar-refractivity contribution in [3.05, 3.63) is 35.9 Å². The molecule has 0 aliphatic carbocycles. The fourth-order valence-corrected chi connectivity index (χ4v) is 1.67. The average molecular weight is 293 g/mol. The number of carboxylic acid groups (broad SMARTS) is 1. The topological polar surface area (TPSA) is 92.7 Å². The first-order valence-corrected chi connectivity index (χ1v) is 6.48. The maximum absolute atomic E-state index is 12.0. The van der Waals surface area contributed by atoms with E-state index in [1.807, 2.05) is 0 Å². The molecule has 21 heavy (non-hydrogen) atoms. The van der Waals surface area contributed by atoms with Gasteiger partial charge in [0.2, 0.25) is 0 Å². The number of hydrogen-bond acceptors (Lipinski definition) is 4. The zero-order valence-corrected chi connectivity index (χ0v) is 12.3. The minimum absolute atomic E-state index is 0.509. The summed E-state index contributed by atoms with van der Waals surface area (Å²) in [5, 5.41) is 11.2. The molecule has 6 heteroatoms. The van der Waals surface area contributed by atoms with E-state index in [2.05, 4.69) is 5.32 Å². The molecule has 0 heterocycles. The Bertz CT molecular complexity index is 519. The standard InChI is InChI=1S/C15H19NO5/c1-15(2,3)21-14(20)16-13(11(17)9-12(18)19)10-7-5-4-6-8-10/h4-8,13H,9H2,1-3H3,(H,16,20)(H,18,19)/t13-/m0/s1. The van der Waals surface area contributed by atoms with Crippen LogP contribution in [-0.2, 0) is 14.3 Å². The van der Waals surface area contributed by atoms with Gasteiger partial charge in [-0.05, 0) is 26.3 Å². The van der Waals surface area contributed by atoms with Crippen molar-refractivity contribution in [1.82, 2.24) is 5.32 Å². The molecule has 1 rings (SSSR count). The molecule has 0 fully saturated rings. The van der Waals surface area contributed by atoms with E-state index in [0.29, 0.717) is 5.56 Å². The lowest BCUT2D eigenvalue weighted by Gasteiger charge is -2.23. The van der Waals surface area contributed by atoms with Crippen molar-refractivity contribution < 1.29 is 24.2 Å². The highest BCUT2D eigenvalue weighted by Gasteiger charge is 2.26. The summed E-state index contributed by atoms with van der Waals surface area (Å²) in [7, 11) is 0. The lowest BCUT2D eigenvalue weighted by Crippen LogP contribution is -2.38. The van der Waals surface area contributed by atoms with E-state index < -0.39 is 35.9 Å². The Kier molecular flexibility index (Phi) is 5.46. The molecule has 0 aromatic heterocycles. The van der Waals surface area contributed by atoms with Gasteiger partial charge in [0.1, 0.15) is 18.1 Å². The lowest BCUT2D eigenvalue weighted by atomic mass is 10.0. The number of Topliss-reactive ketones (excluding diaryl/α,β-unsaturated/α-hetero) is 1. The SMILES string of the molecule is CC(C)(C)OC(=O)N[C@H](C(=O)CC(=O)O)c1ccccc1. The number of hydrogen-bond donors (Lipinski definition) is 2. The minimum atomic E-state index is -1.24. The van der Waals surface area contributed by atoms with Crippen LogP contribution in [0.25, 0.3) is 0 Å². The molecule has 2 N–H and O–H groups in total. The molecule has 1 atom stereocenters. The number of amides is 1. The van der Waals surface area contributed by atoms with Crippen LogP contribution in [0.15, 0.2) is 30.3 Å². The molecule has 0 bridgehead atoms. The minimum Gasteiger partial charge on any atom is -0.481 e. The Morgan fingerprint density at radius 1 is 1.19 bits per heavy atom. The summed E-state index contributed by atoms with van der Waals surface area (Å²) < 4.78 is 5.10. The van der Waals surface area contributed by atoms with E-state index in [1.165, 1.54) is 0 Å². The van der Waals surface area contributed by atoms with Gasteiger partial charge in [-0.3, -0.25) is 9.59 Å². The van der Waals surface area contributed by atoms with E-state index in [4.69, 9.17) is 9.84 Å². The second kappa shape index (κ2) is 6.88. The van der Waals surface area contributed by atoms with Crippen LogP contribution in [-0.4, -0.2) is 28.6 Å². The Morgan fingerprint density at radius 3 is 2.24 bits per heavy atom. The summed E-state index contributed by atoms with van der Waals surface area (Å²) in [6.07, 6.45) is -1.44. The molecule has 0 radical (unpaired) electrons. The van der Waals surface area contributed by atoms with Crippen molar-refractivity contribution in [2.24, 2.45) is 0 Å². The van der Waals surface area contributed by atoms with Gasteiger partial charge in [-0.15, -0.1) is 0 Å². The second-order valence-corrected chi connectivity index (χ2v) is 5.53. The Morgan fingerprint density at radius 2 is 1.76 bits per heavy atom. The molecule has 0 unspecified atom stereocenters. The molecule has 114 valence electrons. The molecule has 6 nitrogen and oxygen atoms in total. The third-order valence-corrected chi connectivity index (χ3v) is 2.44. The van der Waals surface area contributed by atoms with Gasteiger partial charge >= 0.3 is 12.1 Å². The van der Waals surface area contributed by atoms with Gasteiger partial charge in [0.15, 0.2) is 5.78 Å². The second-order valence-electron chi connectivity index (χ2n) is 5.53. The molecule has 1 aromatic carbocycles. The van der Waals surface area contributed by atoms with Gasteiger partial charge in [0.25, 0.3) is 0 Å². The van der Waals surface area contributed by atoms with E-state index in [1.54, 1.807) is 51.1 Å². The molecule has 0 saturated carbocycles. The zero-order valence-electron chi connectivity index (χ0n) is 12.3. The summed E-state index contributed by atoms with van der Waals surface area (Å²) in [6, 6.07) is 7.40. The molecule has 1 amide bonds. The summed E-state index contributed by atoms with van der Waals surface area (Å²) >= 11 is 0. The van der Waals surface area contributed by atoms with Crippen molar-refractivity contribution in [3.63, 3.8) is 0 Å². The predicted octanol–water partition coefficient (Wildman–Crippen LogP) is 2.30. The van der Waals surface area contributed by atoms with Gasteiger partial charge in [0.05, 0.1) is 0 Å². The number of aliphatic carboxylic acids is 1. The first-order valence-electron chi connectivity index (χ1n) is 6.48. The number of ether oxygens (including phenoxy) is 1. The molecule has 1 aromatic rings. The number of carbonyl (C=O) groups excluding carboxylic acids is 2. The van der Waals surface area contributed by atoms with Crippen LogP contribution in [0, 0.1) is 0 Å². The maximum Gasteiger partial charge on any atom is 0.408 e. The van der Waals surface area contributed by atoms with E-state index in [0.717, 1.165) is 0 Å². The number of alkyl carbamates (subject to hydrolysis) is 1. The van der Waals surface area contributed by atoms with Crippen LogP contribution in [0.1, 0.15) is 38.8 Å². The Labute approximate surface area is 123 Å². The number of nitrogens with one attached hydrogen (secondary N) is 1. The smallest absolute Gasteiger partial charge is 0.408 e. The third kappa shape index (κ3) is 6.07. The Balaban J connectivity index is 2.90. The molecule has 0 spiro atoms. The van der Waals surface area contributed by atoms with E-state index >= 15 is 0 Å². The largest absolute Gasteiger partial charge is 0.481 e. The maximum atomic E-state index is 12.0. The zero-order chi connectivity index (χ0) is 16.0. The normalized spacial score (nSPS) is 12.3. The quantitative estimate of drug-likeness (QED) is 0.812. The van der Waals surface area contributed by atoms with Crippen molar-refractivity contribution >= 4 is 17.8 Å². The summed E-state index contributed by atoms with van der Waals surface area (Å²) in [4.78, 5) is 34.5. The highest BCUT2D eigenvalue weighted by molar-refractivity contribution is 5.99. The Hall–Kier alpha value is -2.37. The van der Waals surface area contributed by atoms with Gasteiger partial charge in [-0.1, -0.05) is 30.3 Å². The highest BCUT2D eigenvalue weighted by atomic mass is 16.6. The predicted molar refractivity (Wildman–Crippen MR) is 75.8 cm³/mol. The van der Waals surface area contributed by atoms with Crippen molar-refractivity contribution in [3.8, 4) is 0 Å². The lowest BCUT2D eigenvalue weighted by molar-refractivity contribution is -0.140. The number of rotatable bonds is 5. The third-order valence-electron chi connectivity index (χ3n) is 2.44. The van der Waals surface area contributed by atoms with Crippen LogP contribution in [0.4, 0.5) is 4.79 Å². The van der Waals surface area contributed by atoms with Gasteiger partial charge < -0.3 is 15.2 Å². The van der Waals surface area contributed by atoms with Crippen LogP contribution >= 0.6 is 0 Å². The van der Waals surface area contributed by atoms with Crippen LogP contribution < -0.4 is 5.32 Å². The number of carbonyl (C=O) groups is 3. The number of benzene rings is 1. The van der Waals surface area contributed by atoms with Gasteiger partial charge in [0, 0.05) is 0 Å². The molecular weight excluding hydrogens is 274 g/mol. The summed E-state index contributed by atoms with van der Waals surface area (Å²) in [5.41, 5.74) is -0.198. The first kappa shape index (κ1) is 16.7. The van der Waals surface area contributed by atoms with Crippen LogP contribution in [0.3, 0.4) is 0 Å². The van der Waals surface area contributed by atoms with Crippen LogP contribution in [0.5, 0.6) is 0 Å². The number of carboxylic acids is 1. The molecule has 0 aliphatic heterocycles. The van der Waals surface area contributed by atoms with E-state index in [9.17, 15) is 14.4 Å². The van der Waals surface area contributed by atoms with Crippen molar-refractivity contribution in [2.45, 2.75) is 38.8 Å². The first-order chi connectivity index (χ1) is 9.69. The van der Waals surface area contributed by atoms with Gasteiger partial charge in [-0.2, -0.15) is 0 Å². The van der Waals surface area contributed by atoms with E-state index in [-0.39, 0.29) is 0 Å². The molecule has 0 saturated heterocycles. The summed E-state index contributed by atoms with van der Waals surface area (Å²) in [5.74, 6) is -1.86. The summed E-state index contributed by atoms with van der Waals surface area (Å²) in [6.45, 7) is 5.09. The molecular formula is C15H19NO5. The number of ketones is 1. The van der Waals surface area contributed by atoms with Gasteiger partial charge in [-0.25, -0.2) is 4.79 Å². The van der Waals surface area contributed by atoms with Crippen molar-refractivity contribution in [2.75, 3.05) is 0 Å². The monoisotopic (exact) mass is 293 g/mol. The molecule has 0 aliphatic rings. The fraction of sp³-hybridized carbons (Fsp3) is 0.400. The highest BCUT2D eigenvalue weighted by Crippen LogP contribution is 2.17.